The van der Waals surface area contributed by atoms with Crippen LogP contribution in [-0.4, -0.2) is 117 Å². The molecule has 4 amide bonds. The standard InChI is InChI=1S/C44H52N8O9/c1-21-14-34(51(19-21)41(53)36(23(3)58-5)50-44(57)60-7)39-45-18-32(47-39)26-9-11-28-27(15-26)20-61-35-17-29-25(16-30(28)35)10-12-31-38(29)48-40(46-31)33-13-8-22(2)52(33)42(54)37(24(4)59-6)49-43(55)56/h9-12,15-18,21-24,33-34,36-37,49H,8,13-14,19-20H2,1-7H3,(H,45,47)(H,46,48)(H,50,57)(H,55,56)/t21?,22-,23+,24+,33?,34?,36-,37-/m0/s1. The second-order valence-electron chi connectivity index (χ2n) is 16.5. The number of methoxy groups -OCH3 is 3. The fraction of sp³-hybridized carbons (Fsp3) is 0.455. The number of nitrogens with zero attached hydrogens (tertiary/aromatic N) is 4. The van der Waals surface area contributed by atoms with Gasteiger partial charge in [-0.25, -0.2) is 19.6 Å². The molecule has 2 saturated heterocycles. The highest BCUT2D eigenvalue weighted by Gasteiger charge is 2.43. The van der Waals surface area contributed by atoms with Crippen LogP contribution in [0, 0.1) is 5.92 Å². The SMILES string of the molecule is COC(=O)N[C@H](C(=O)N1CC(C)CC1c1ncc(-c2ccc3c(c2)COc2cc4c(ccc5[nH]c(C6CC[C@H](C)N6C(=O)[C@@H](NC(=O)O)[C@@H](C)OC)nc54)cc2-3)[nH]1)[C@@H](C)OC. The number of rotatable bonds is 11. The van der Waals surface area contributed by atoms with Crippen molar-refractivity contribution in [2.45, 2.75) is 96.0 Å². The Morgan fingerprint density at radius 2 is 1.64 bits per heavy atom. The highest BCUT2D eigenvalue weighted by molar-refractivity contribution is 6.07. The van der Waals surface area contributed by atoms with Crippen LogP contribution in [0.5, 0.6) is 5.75 Å². The van der Waals surface area contributed by atoms with Crippen molar-refractivity contribution in [2.75, 3.05) is 27.9 Å². The molecule has 2 aromatic heterocycles. The fourth-order valence-corrected chi connectivity index (χ4v) is 9.15. The minimum absolute atomic E-state index is 0.125. The lowest BCUT2D eigenvalue weighted by Gasteiger charge is -2.33. The summed E-state index contributed by atoms with van der Waals surface area (Å²) in [6, 6.07) is 11.6. The summed E-state index contributed by atoms with van der Waals surface area (Å²) < 4.78 is 22.0. The zero-order valence-corrected chi connectivity index (χ0v) is 35.3. The number of H-pyrrole nitrogens is 2. The van der Waals surface area contributed by atoms with E-state index in [2.05, 4.69) is 51.8 Å². The number of carboxylic acid groups (broad SMARTS) is 1. The molecule has 322 valence electrons. The monoisotopic (exact) mass is 836 g/mol. The first-order chi connectivity index (χ1) is 29.3. The zero-order chi connectivity index (χ0) is 43.3. The van der Waals surface area contributed by atoms with Crippen molar-refractivity contribution in [3.63, 3.8) is 0 Å². The van der Waals surface area contributed by atoms with Crippen molar-refractivity contribution in [1.29, 1.82) is 0 Å². The van der Waals surface area contributed by atoms with E-state index in [1.807, 2.05) is 25.1 Å². The van der Waals surface area contributed by atoms with Crippen molar-refractivity contribution in [2.24, 2.45) is 5.92 Å². The molecule has 61 heavy (non-hydrogen) atoms. The molecule has 17 heteroatoms. The van der Waals surface area contributed by atoms with Crippen LogP contribution in [0.3, 0.4) is 0 Å². The third kappa shape index (κ3) is 7.71. The number of aromatic nitrogens is 4. The molecule has 8 rings (SSSR count). The number of aromatic amines is 2. The van der Waals surface area contributed by atoms with Crippen LogP contribution >= 0.6 is 0 Å². The van der Waals surface area contributed by atoms with Gasteiger partial charge in [-0.1, -0.05) is 25.1 Å². The van der Waals surface area contributed by atoms with E-state index in [1.54, 1.807) is 29.8 Å². The number of hydrogen-bond acceptors (Lipinski definition) is 10. The van der Waals surface area contributed by atoms with Gasteiger partial charge >= 0.3 is 12.2 Å². The largest absolute Gasteiger partial charge is 0.488 e. The highest BCUT2D eigenvalue weighted by Crippen LogP contribution is 2.44. The third-order valence-electron chi connectivity index (χ3n) is 12.6. The molecule has 8 atom stereocenters. The first kappa shape index (κ1) is 41.5. The maximum absolute atomic E-state index is 13.9. The summed E-state index contributed by atoms with van der Waals surface area (Å²) in [4.78, 5) is 71.7. The van der Waals surface area contributed by atoms with E-state index >= 15 is 0 Å². The van der Waals surface area contributed by atoms with Gasteiger partial charge in [0.05, 0.1) is 54.3 Å². The summed E-state index contributed by atoms with van der Waals surface area (Å²) in [5.41, 5.74) is 6.33. The first-order valence-electron chi connectivity index (χ1n) is 20.6. The molecule has 0 bridgehead atoms. The normalized spacial score (nSPS) is 21.6. The minimum atomic E-state index is -1.29. The lowest BCUT2D eigenvalue weighted by atomic mass is 9.92. The molecule has 0 saturated carbocycles. The quantitative estimate of drug-likeness (QED) is 0.103. The van der Waals surface area contributed by atoms with E-state index in [9.17, 15) is 24.3 Å². The number of ether oxygens (including phenoxy) is 4. The molecular formula is C44H52N8O9. The van der Waals surface area contributed by atoms with Gasteiger partial charge in [-0.3, -0.25) is 9.59 Å². The van der Waals surface area contributed by atoms with Crippen LogP contribution in [0.1, 0.15) is 76.3 Å². The molecule has 17 nitrogen and oxygen atoms in total. The second kappa shape index (κ2) is 16.7. The maximum Gasteiger partial charge on any atom is 0.407 e. The smallest absolute Gasteiger partial charge is 0.407 e. The zero-order valence-electron chi connectivity index (χ0n) is 35.3. The van der Waals surface area contributed by atoms with E-state index in [4.69, 9.17) is 28.9 Å². The first-order valence-corrected chi connectivity index (χ1v) is 20.6. The number of amides is 4. The van der Waals surface area contributed by atoms with E-state index in [-0.39, 0.29) is 35.9 Å². The molecule has 5 heterocycles. The van der Waals surface area contributed by atoms with Crippen LogP contribution < -0.4 is 15.4 Å². The van der Waals surface area contributed by atoms with Gasteiger partial charge in [-0.15, -0.1) is 0 Å². The predicted molar refractivity (Wildman–Crippen MR) is 225 cm³/mol. The van der Waals surface area contributed by atoms with E-state index in [0.29, 0.717) is 37.6 Å². The molecule has 2 fully saturated rings. The Labute approximate surface area is 352 Å². The van der Waals surface area contributed by atoms with Gasteiger partial charge in [0.25, 0.3) is 0 Å². The molecular weight excluding hydrogens is 785 g/mol. The molecule has 3 aromatic carbocycles. The molecule has 0 radical (unpaired) electrons. The van der Waals surface area contributed by atoms with E-state index in [0.717, 1.165) is 61.9 Å². The van der Waals surface area contributed by atoms with Crippen LogP contribution in [0.4, 0.5) is 9.59 Å². The Morgan fingerprint density at radius 1 is 0.885 bits per heavy atom. The fourth-order valence-electron chi connectivity index (χ4n) is 9.15. The number of carbonyl (C=O) groups excluding carboxylic acids is 3. The Kier molecular flexibility index (Phi) is 11.4. The number of likely N-dealkylation sites (tertiary alicyclic amines) is 2. The van der Waals surface area contributed by atoms with Gasteiger partial charge in [0.15, 0.2) is 0 Å². The topological polar surface area (TPSA) is 213 Å². The lowest BCUT2D eigenvalue weighted by molar-refractivity contribution is -0.139. The number of benzene rings is 3. The summed E-state index contributed by atoms with van der Waals surface area (Å²) in [7, 11) is 4.20. The Balaban J connectivity index is 1.05. The van der Waals surface area contributed by atoms with Crippen molar-refractivity contribution in [3.8, 4) is 28.1 Å². The van der Waals surface area contributed by atoms with Gasteiger partial charge in [0.2, 0.25) is 11.8 Å². The van der Waals surface area contributed by atoms with Crippen molar-refractivity contribution < 1.29 is 43.2 Å². The van der Waals surface area contributed by atoms with E-state index in [1.165, 1.54) is 21.3 Å². The summed E-state index contributed by atoms with van der Waals surface area (Å²) in [6.07, 6.45) is 0.655. The Hall–Kier alpha value is -6.20. The maximum atomic E-state index is 13.9. The third-order valence-corrected chi connectivity index (χ3v) is 12.6. The predicted octanol–water partition coefficient (Wildman–Crippen LogP) is 6.06. The highest BCUT2D eigenvalue weighted by atomic mass is 16.5. The molecule has 5 aromatic rings. The summed E-state index contributed by atoms with van der Waals surface area (Å²) >= 11 is 0. The molecule has 3 unspecified atom stereocenters. The summed E-state index contributed by atoms with van der Waals surface area (Å²) in [6.45, 7) is 8.31. The molecule has 3 aliphatic rings. The van der Waals surface area contributed by atoms with Gasteiger partial charge in [-0.05, 0) is 92.3 Å². The molecule has 0 spiro atoms. The van der Waals surface area contributed by atoms with Gasteiger partial charge < -0.3 is 54.5 Å². The Bertz CT molecular complexity index is 2500. The molecule has 0 aliphatic carbocycles. The summed E-state index contributed by atoms with van der Waals surface area (Å²) in [5.74, 6) is 1.63. The number of carbonyl (C=O) groups is 4. The summed E-state index contributed by atoms with van der Waals surface area (Å²) in [5, 5.41) is 16.4. The number of fused-ring (bicyclic) bond motifs is 6. The average Bonchev–Trinajstić information content (AvgIpc) is 4.08. The molecule has 3 aliphatic heterocycles. The number of imidazole rings is 2. The average molecular weight is 837 g/mol. The van der Waals surface area contributed by atoms with Crippen LogP contribution in [0.15, 0.2) is 48.7 Å². The van der Waals surface area contributed by atoms with Crippen LogP contribution in [0.25, 0.3) is 44.2 Å². The van der Waals surface area contributed by atoms with Crippen molar-refractivity contribution >= 4 is 45.8 Å². The van der Waals surface area contributed by atoms with Crippen LogP contribution in [0.2, 0.25) is 0 Å². The van der Waals surface area contributed by atoms with Crippen molar-refractivity contribution in [1.82, 2.24) is 40.4 Å². The van der Waals surface area contributed by atoms with Crippen LogP contribution in [-0.2, 0) is 30.4 Å². The number of hydrogen-bond donors (Lipinski definition) is 5. The van der Waals surface area contributed by atoms with Gasteiger partial charge in [0.1, 0.15) is 36.1 Å². The Morgan fingerprint density at radius 3 is 2.36 bits per heavy atom. The van der Waals surface area contributed by atoms with Crippen molar-refractivity contribution in [3.05, 3.63) is 65.9 Å². The number of alkyl carbamates (subject to hydrolysis) is 1. The molecule has 5 N–H and O–H groups in total. The lowest BCUT2D eigenvalue weighted by Crippen LogP contribution is -2.55. The minimum Gasteiger partial charge on any atom is -0.488 e. The number of nitrogens with one attached hydrogen (secondary N) is 4. The van der Waals surface area contributed by atoms with Gasteiger partial charge in [0, 0.05) is 37.8 Å². The van der Waals surface area contributed by atoms with Gasteiger partial charge in [-0.2, -0.15) is 0 Å². The second-order valence-corrected chi connectivity index (χ2v) is 16.5. The van der Waals surface area contributed by atoms with E-state index < -0.39 is 36.5 Å².